The van der Waals surface area contributed by atoms with E-state index in [9.17, 15) is 18.4 Å². The predicted molar refractivity (Wildman–Crippen MR) is 98.3 cm³/mol. The Hall–Kier alpha value is -2.41. The molecule has 0 spiro atoms. The van der Waals surface area contributed by atoms with Crippen molar-refractivity contribution in [2.75, 3.05) is 12.4 Å². The smallest absolute Gasteiger partial charge is 0.316 e. The number of thioether (sulfide) groups is 1. The van der Waals surface area contributed by atoms with Gasteiger partial charge in [0, 0.05) is 4.90 Å². The fourth-order valence-corrected chi connectivity index (χ4v) is 3.81. The van der Waals surface area contributed by atoms with Crippen molar-refractivity contribution in [2.24, 2.45) is 0 Å². The lowest BCUT2D eigenvalue weighted by Crippen LogP contribution is -2.34. The molecule has 0 bridgehead atoms. The number of hydrogen-bond acceptors (Lipinski definition) is 4. The molecule has 1 N–H and O–H groups in total. The third-order valence-electron chi connectivity index (χ3n) is 4.31. The number of amides is 1. The van der Waals surface area contributed by atoms with Crippen LogP contribution in [0.1, 0.15) is 30.0 Å². The highest BCUT2D eigenvalue weighted by Crippen LogP contribution is 2.29. The number of hydrogen-bond donors (Lipinski definition) is 1. The number of esters is 1. The van der Waals surface area contributed by atoms with Gasteiger partial charge in [0.2, 0.25) is 0 Å². The van der Waals surface area contributed by atoms with Crippen LogP contribution in [0.25, 0.3) is 0 Å². The van der Waals surface area contributed by atoms with E-state index in [2.05, 4.69) is 11.4 Å². The standard InChI is InChI=1S/C20H19F2NO3S/c21-14-8-9-16(22)18(10-14)27-12-20(25)26-11-19(24)23-17-7-3-5-13-4-1-2-6-15(13)17/h1-2,4,6,8-10,17H,3,5,7,11-12H2,(H,23,24)/t17-/m1/s1. The van der Waals surface area contributed by atoms with Crippen molar-refractivity contribution in [2.45, 2.75) is 30.2 Å². The van der Waals surface area contributed by atoms with Crippen LogP contribution >= 0.6 is 11.8 Å². The van der Waals surface area contributed by atoms with E-state index in [1.807, 2.05) is 18.2 Å². The molecule has 0 aliphatic heterocycles. The topological polar surface area (TPSA) is 55.4 Å². The van der Waals surface area contributed by atoms with Gasteiger partial charge in [-0.25, -0.2) is 8.78 Å². The lowest BCUT2D eigenvalue weighted by atomic mass is 9.88. The highest BCUT2D eigenvalue weighted by Gasteiger charge is 2.21. The van der Waals surface area contributed by atoms with E-state index in [1.54, 1.807) is 0 Å². The second-order valence-corrected chi connectivity index (χ2v) is 7.25. The van der Waals surface area contributed by atoms with E-state index in [-0.39, 0.29) is 22.6 Å². The van der Waals surface area contributed by atoms with E-state index in [4.69, 9.17) is 4.74 Å². The maximum Gasteiger partial charge on any atom is 0.316 e. The summed E-state index contributed by atoms with van der Waals surface area (Å²) in [7, 11) is 0. The summed E-state index contributed by atoms with van der Waals surface area (Å²) in [6.45, 7) is -0.399. The first-order valence-corrected chi connectivity index (χ1v) is 9.62. The van der Waals surface area contributed by atoms with Gasteiger partial charge in [0.1, 0.15) is 11.6 Å². The number of carbonyl (C=O) groups is 2. The SMILES string of the molecule is O=C(COC(=O)CSc1cc(F)ccc1F)N[C@@H]1CCCc2ccccc21. The summed E-state index contributed by atoms with van der Waals surface area (Å²) in [4.78, 5) is 23.9. The maximum atomic E-state index is 13.5. The van der Waals surface area contributed by atoms with Crippen molar-refractivity contribution < 1.29 is 23.1 Å². The van der Waals surface area contributed by atoms with Crippen LogP contribution in [0.5, 0.6) is 0 Å². The second kappa shape index (κ2) is 8.99. The van der Waals surface area contributed by atoms with E-state index < -0.39 is 24.2 Å². The molecule has 0 radical (unpaired) electrons. The van der Waals surface area contributed by atoms with Crippen LogP contribution in [0.3, 0.4) is 0 Å². The molecule has 3 rings (SSSR count). The number of rotatable bonds is 6. The minimum atomic E-state index is -0.664. The van der Waals surface area contributed by atoms with Crippen LogP contribution in [-0.2, 0) is 20.7 Å². The van der Waals surface area contributed by atoms with Gasteiger partial charge >= 0.3 is 5.97 Å². The van der Waals surface area contributed by atoms with Gasteiger partial charge in [-0.2, -0.15) is 0 Å². The maximum absolute atomic E-state index is 13.5. The second-order valence-electron chi connectivity index (χ2n) is 6.24. The number of halogens is 2. The molecule has 1 aliphatic rings. The summed E-state index contributed by atoms with van der Waals surface area (Å²) in [5, 5.41) is 2.89. The number of benzene rings is 2. The molecule has 142 valence electrons. The molecular formula is C20H19F2NO3S. The van der Waals surface area contributed by atoms with Crippen LogP contribution < -0.4 is 5.32 Å². The fraction of sp³-hybridized carbons (Fsp3) is 0.300. The van der Waals surface area contributed by atoms with Gasteiger partial charge in [0.25, 0.3) is 5.91 Å². The molecular weight excluding hydrogens is 372 g/mol. The molecule has 2 aromatic carbocycles. The Kier molecular flexibility index (Phi) is 6.45. The zero-order chi connectivity index (χ0) is 19.2. The van der Waals surface area contributed by atoms with Crippen LogP contribution in [0, 0.1) is 11.6 Å². The summed E-state index contributed by atoms with van der Waals surface area (Å²) >= 11 is 0.826. The molecule has 7 heteroatoms. The Balaban J connectivity index is 1.45. The van der Waals surface area contributed by atoms with Gasteiger partial charge in [-0.1, -0.05) is 24.3 Å². The number of ether oxygens (including phenoxy) is 1. The number of aryl methyl sites for hydroxylation is 1. The Morgan fingerprint density at radius 1 is 1.19 bits per heavy atom. The molecule has 4 nitrogen and oxygen atoms in total. The highest BCUT2D eigenvalue weighted by atomic mass is 32.2. The first-order chi connectivity index (χ1) is 13.0. The molecule has 0 fully saturated rings. The van der Waals surface area contributed by atoms with Crippen LogP contribution in [0.15, 0.2) is 47.4 Å². The monoisotopic (exact) mass is 391 g/mol. The van der Waals surface area contributed by atoms with Gasteiger partial charge in [-0.15, -0.1) is 11.8 Å². The van der Waals surface area contributed by atoms with Crippen molar-refractivity contribution in [1.29, 1.82) is 0 Å². The van der Waals surface area contributed by atoms with Crippen LogP contribution in [0.2, 0.25) is 0 Å². The molecule has 1 atom stereocenters. The van der Waals surface area contributed by atoms with Crippen LogP contribution in [-0.4, -0.2) is 24.2 Å². The first-order valence-electron chi connectivity index (χ1n) is 8.63. The zero-order valence-corrected chi connectivity index (χ0v) is 15.4. The third-order valence-corrected chi connectivity index (χ3v) is 5.31. The number of nitrogens with one attached hydrogen (secondary N) is 1. The molecule has 0 unspecified atom stereocenters. The number of carbonyl (C=O) groups excluding carboxylic acids is 2. The van der Waals surface area contributed by atoms with Crippen molar-refractivity contribution in [3.05, 3.63) is 65.2 Å². The molecule has 0 saturated heterocycles. The largest absolute Gasteiger partial charge is 0.455 e. The molecule has 0 saturated carbocycles. The van der Waals surface area contributed by atoms with Crippen molar-refractivity contribution in [3.8, 4) is 0 Å². The van der Waals surface area contributed by atoms with Crippen LogP contribution in [0.4, 0.5) is 8.78 Å². The summed E-state index contributed by atoms with van der Waals surface area (Å²) < 4.78 is 31.6. The normalized spacial score (nSPS) is 15.7. The fourth-order valence-electron chi connectivity index (χ4n) is 3.05. The van der Waals surface area contributed by atoms with Gasteiger partial charge in [0.05, 0.1) is 11.8 Å². The lowest BCUT2D eigenvalue weighted by Gasteiger charge is -2.26. The van der Waals surface area contributed by atoms with Gasteiger partial charge < -0.3 is 10.1 Å². The van der Waals surface area contributed by atoms with E-state index in [0.717, 1.165) is 54.8 Å². The van der Waals surface area contributed by atoms with Gasteiger partial charge in [-0.3, -0.25) is 9.59 Å². The average molecular weight is 391 g/mol. The quantitative estimate of drug-likeness (QED) is 0.601. The molecule has 1 aliphatic carbocycles. The zero-order valence-electron chi connectivity index (χ0n) is 14.5. The molecule has 27 heavy (non-hydrogen) atoms. The Morgan fingerprint density at radius 2 is 2.00 bits per heavy atom. The third kappa shape index (κ3) is 5.29. The van der Waals surface area contributed by atoms with Crippen molar-refractivity contribution in [1.82, 2.24) is 5.32 Å². The highest BCUT2D eigenvalue weighted by molar-refractivity contribution is 8.00. The molecule has 0 heterocycles. The molecule has 2 aromatic rings. The lowest BCUT2D eigenvalue weighted by molar-refractivity contribution is -0.146. The Morgan fingerprint density at radius 3 is 2.85 bits per heavy atom. The Bertz CT molecular complexity index is 844. The summed E-state index contributed by atoms with van der Waals surface area (Å²) in [6.07, 6.45) is 2.81. The van der Waals surface area contributed by atoms with Gasteiger partial charge in [-0.05, 0) is 48.6 Å². The van der Waals surface area contributed by atoms with Crippen molar-refractivity contribution >= 4 is 23.6 Å². The van der Waals surface area contributed by atoms with Gasteiger partial charge in [0.15, 0.2) is 6.61 Å². The van der Waals surface area contributed by atoms with E-state index in [1.165, 1.54) is 5.56 Å². The van der Waals surface area contributed by atoms with E-state index >= 15 is 0 Å². The average Bonchev–Trinajstić information content (AvgIpc) is 2.67. The Labute approximate surface area is 160 Å². The summed E-state index contributed by atoms with van der Waals surface area (Å²) in [5.41, 5.74) is 2.32. The molecule has 0 aromatic heterocycles. The predicted octanol–water partition coefficient (Wildman–Crippen LogP) is 3.79. The summed E-state index contributed by atoms with van der Waals surface area (Å²) in [6, 6.07) is 10.9. The van der Waals surface area contributed by atoms with Crippen molar-refractivity contribution in [3.63, 3.8) is 0 Å². The minimum absolute atomic E-state index is 0.0233. The molecule has 1 amide bonds. The van der Waals surface area contributed by atoms with E-state index in [0.29, 0.717) is 0 Å². The first kappa shape index (κ1) is 19.4. The number of fused-ring (bicyclic) bond motifs is 1. The summed E-state index contributed by atoms with van der Waals surface area (Å²) in [5.74, 6) is -2.45. The minimum Gasteiger partial charge on any atom is -0.455 e.